The average Bonchev–Trinajstić information content (AvgIpc) is 3.67. The number of carbonyl (C=O) groups is 2. The Balaban J connectivity index is 1.48. The molecule has 1 aliphatic carbocycles. The maximum absolute atomic E-state index is 13.0. The molecule has 0 saturated heterocycles. The van der Waals surface area contributed by atoms with Gasteiger partial charge in [-0.1, -0.05) is 67.4 Å². The average molecular weight is 493 g/mol. The molecule has 4 rings (SSSR count). The minimum absolute atomic E-state index is 0.259. The van der Waals surface area contributed by atoms with Gasteiger partial charge in [-0.05, 0) is 36.0 Å². The fourth-order valence-electron chi connectivity index (χ4n) is 4.18. The van der Waals surface area contributed by atoms with Gasteiger partial charge >= 0.3 is 12.1 Å². The fraction of sp³-hybridized carbons (Fsp3) is 0.370. The van der Waals surface area contributed by atoms with Crippen LogP contribution >= 0.6 is 0 Å². The van der Waals surface area contributed by atoms with Crippen LogP contribution in [0.25, 0.3) is 11.1 Å². The lowest BCUT2D eigenvalue weighted by atomic mass is 10.1. The summed E-state index contributed by atoms with van der Waals surface area (Å²) in [5, 5.41) is 15.3. The van der Waals surface area contributed by atoms with Gasteiger partial charge in [0.05, 0.1) is 5.56 Å². The third-order valence-corrected chi connectivity index (χ3v) is 6.65. The molecular weight excluding hydrogens is 460 g/mol. The van der Waals surface area contributed by atoms with Gasteiger partial charge in [-0.3, -0.25) is 24.3 Å². The van der Waals surface area contributed by atoms with E-state index in [4.69, 9.17) is 4.74 Å². The number of amides is 1. The van der Waals surface area contributed by atoms with Crippen LogP contribution in [-0.2, 0) is 30.2 Å². The summed E-state index contributed by atoms with van der Waals surface area (Å²) >= 11 is 0. The van der Waals surface area contributed by atoms with Crippen molar-refractivity contribution in [3.8, 4) is 11.1 Å². The number of hydrogen-bond acceptors (Lipinski definition) is 5. The minimum atomic E-state index is -0.838. The molecule has 3 aromatic rings. The number of anilines is 1. The van der Waals surface area contributed by atoms with Gasteiger partial charge < -0.3 is 15.2 Å². The SMILES string of the molecule is CC(OC(=O)Nc1c(-c2ccc(CNC(CC3CC3)C(=O)O)cc2)c(=O)n(C)n1C)c1ccccc1. The number of ether oxygens (including phenoxy) is 1. The first-order valence-corrected chi connectivity index (χ1v) is 12.1. The van der Waals surface area contributed by atoms with E-state index < -0.39 is 24.2 Å². The molecule has 1 aromatic heterocycles. The summed E-state index contributed by atoms with van der Waals surface area (Å²) in [5.74, 6) is -0.00642. The fourth-order valence-corrected chi connectivity index (χ4v) is 4.18. The second kappa shape index (κ2) is 10.8. The molecule has 36 heavy (non-hydrogen) atoms. The molecule has 2 aromatic carbocycles. The number of benzene rings is 2. The molecule has 1 heterocycles. The number of carbonyl (C=O) groups excluding carboxylic acids is 1. The van der Waals surface area contributed by atoms with E-state index in [9.17, 15) is 19.5 Å². The van der Waals surface area contributed by atoms with E-state index in [2.05, 4.69) is 10.6 Å². The first-order chi connectivity index (χ1) is 17.2. The normalized spacial score (nSPS) is 14.8. The van der Waals surface area contributed by atoms with Crippen LogP contribution < -0.4 is 16.2 Å². The lowest BCUT2D eigenvalue weighted by Gasteiger charge is -2.15. The van der Waals surface area contributed by atoms with Crippen LogP contribution in [0.5, 0.6) is 0 Å². The summed E-state index contributed by atoms with van der Waals surface area (Å²) in [6, 6.07) is 16.1. The van der Waals surface area contributed by atoms with E-state index in [1.807, 2.05) is 42.5 Å². The molecule has 2 atom stereocenters. The Labute approximate surface area is 209 Å². The highest BCUT2D eigenvalue weighted by Crippen LogP contribution is 2.33. The number of aromatic nitrogens is 2. The zero-order valence-corrected chi connectivity index (χ0v) is 20.7. The van der Waals surface area contributed by atoms with Crippen molar-refractivity contribution in [2.24, 2.45) is 20.0 Å². The van der Waals surface area contributed by atoms with Crippen LogP contribution in [0.15, 0.2) is 59.4 Å². The zero-order valence-electron chi connectivity index (χ0n) is 20.7. The Bertz CT molecular complexity index is 1280. The van der Waals surface area contributed by atoms with Crippen molar-refractivity contribution in [3.05, 3.63) is 76.1 Å². The molecule has 9 heteroatoms. The van der Waals surface area contributed by atoms with E-state index in [1.165, 1.54) is 4.68 Å². The third kappa shape index (κ3) is 5.85. The summed E-state index contributed by atoms with van der Waals surface area (Å²) in [4.78, 5) is 37.2. The van der Waals surface area contributed by atoms with Crippen LogP contribution in [0.1, 0.15) is 43.4 Å². The molecule has 1 fully saturated rings. The lowest BCUT2D eigenvalue weighted by Crippen LogP contribution is -2.36. The number of nitrogens with zero attached hydrogens (tertiary/aromatic N) is 2. The highest BCUT2D eigenvalue weighted by Gasteiger charge is 2.29. The van der Waals surface area contributed by atoms with E-state index in [-0.39, 0.29) is 5.56 Å². The molecule has 190 valence electrons. The number of aliphatic carboxylic acids is 1. The third-order valence-electron chi connectivity index (χ3n) is 6.65. The molecule has 1 saturated carbocycles. The molecule has 0 radical (unpaired) electrons. The van der Waals surface area contributed by atoms with Crippen LogP contribution in [0.3, 0.4) is 0 Å². The predicted molar refractivity (Wildman–Crippen MR) is 137 cm³/mol. The van der Waals surface area contributed by atoms with E-state index in [1.54, 1.807) is 37.8 Å². The topological polar surface area (TPSA) is 115 Å². The summed E-state index contributed by atoms with van der Waals surface area (Å²) in [6.45, 7) is 2.19. The Hall–Kier alpha value is -3.85. The Morgan fingerprint density at radius 2 is 1.72 bits per heavy atom. The van der Waals surface area contributed by atoms with E-state index in [0.717, 1.165) is 24.0 Å². The van der Waals surface area contributed by atoms with Crippen LogP contribution in [0, 0.1) is 5.92 Å². The summed E-state index contributed by atoms with van der Waals surface area (Å²) in [7, 11) is 3.31. The molecular formula is C27H32N4O5. The molecule has 9 nitrogen and oxygen atoms in total. The van der Waals surface area contributed by atoms with Gasteiger partial charge in [0.2, 0.25) is 0 Å². The molecule has 1 amide bonds. The highest BCUT2D eigenvalue weighted by atomic mass is 16.6. The zero-order chi connectivity index (χ0) is 25.8. The quantitative estimate of drug-likeness (QED) is 0.394. The highest BCUT2D eigenvalue weighted by molar-refractivity contribution is 5.90. The lowest BCUT2D eigenvalue weighted by molar-refractivity contribution is -0.139. The van der Waals surface area contributed by atoms with Crippen LogP contribution in [-0.4, -0.2) is 32.6 Å². The number of carboxylic acids is 1. The van der Waals surface area contributed by atoms with Gasteiger partial charge in [-0.25, -0.2) is 4.79 Å². The van der Waals surface area contributed by atoms with Crippen molar-refractivity contribution < 1.29 is 19.4 Å². The molecule has 0 aliphatic heterocycles. The van der Waals surface area contributed by atoms with Crippen LogP contribution in [0.4, 0.5) is 10.6 Å². The van der Waals surface area contributed by atoms with E-state index in [0.29, 0.717) is 35.8 Å². The maximum Gasteiger partial charge on any atom is 0.413 e. The van der Waals surface area contributed by atoms with Crippen molar-refractivity contribution >= 4 is 17.9 Å². The smallest absolute Gasteiger partial charge is 0.413 e. The first-order valence-electron chi connectivity index (χ1n) is 12.1. The van der Waals surface area contributed by atoms with E-state index >= 15 is 0 Å². The van der Waals surface area contributed by atoms with Crippen LogP contribution in [0.2, 0.25) is 0 Å². The Morgan fingerprint density at radius 3 is 2.33 bits per heavy atom. The largest absolute Gasteiger partial charge is 0.480 e. The number of carboxylic acid groups (broad SMARTS) is 1. The van der Waals surface area contributed by atoms with Gasteiger partial charge in [-0.15, -0.1) is 0 Å². The molecule has 2 unspecified atom stereocenters. The Kier molecular flexibility index (Phi) is 7.59. The van der Waals surface area contributed by atoms with Gasteiger partial charge in [0, 0.05) is 20.6 Å². The second-order valence-corrected chi connectivity index (χ2v) is 9.31. The van der Waals surface area contributed by atoms with Crippen molar-refractivity contribution in [1.82, 2.24) is 14.7 Å². The van der Waals surface area contributed by atoms with Crippen molar-refractivity contribution in [1.29, 1.82) is 0 Å². The minimum Gasteiger partial charge on any atom is -0.480 e. The summed E-state index contributed by atoms with van der Waals surface area (Å²) in [5.41, 5.74) is 2.49. The predicted octanol–water partition coefficient (Wildman–Crippen LogP) is 4.04. The van der Waals surface area contributed by atoms with Gasteiger partial charge in [0.15, 0.2) is 0 Å². The summed E-state index contributed by atoms with van der Waals surface area (Å²) < 4.78 is 8.51. The van der Waals surface area contributed by atoms with Gasteiger partial charge in [0.1, 0.15) is 18.0 Å². The first kappa shape index (κ1) is 25.2. The Morgan fingerprint density at radius 1 is 1.06 bits per heavy atom. The standard InChI is InChI=1S/C27H32N4O5/c1-17(20-7-5-4-6-8-20)36-27(35)29-24-23(25(32)31(3)30(24)2)21-13-11-19(12-14-21)16-28-22(26(33)34)15-18-9-10-18/h4-8,11-14,17-18,22,28H,9-10,15-16H2,1-3H3,(H,29,35)(H,33,34). The van der Waals surface area contributed by atoms with Crippen molar-refractivity contribution in [2.75, 3.05) is 5.32 Å². The monoisotopic (exact) mass is 492 g/mol. The van der Waals surface area contributed by atoms with Crippen molar-refractivity contribution in [2.45, 2.75) is 44.9 Å². The van der Waals surface area contributed by atoms with Gasteiger partial charge in [-0.2, -0.15) is 0 Å². The number of rotatable bonds is 10. The number of nitrogens with one attached hydrogen (secondary N) is 2. The molecule has 3 N–H and O–H groups in total. The second-order valence-electron chi connectivity index (χ2n) is 9.31. The number of hydrogen-bond donors (Lipinski definition) is 3. The molecule has 0 spiro atoms. The van der Waals surface area contributed by atoms with Gasteiger partial charge in [0.25, 0.3) is 5.56 Å². The van der Waals surface area contributed by atoms with Crippen molar-refractivity contribution in [3.63, 3.8) is 0 Å². The molecule has 1 aliphatic rings. The maximum atomic E-state index is 13.0. The molecule has 0 bridgehead atoms. The summed E-state index contributed by atoms with van der Waals surface area (Å²) in [6.07, 6.45) is 1.71.